The molecule has 1 aromatic rings. The molecule has 67 valence electrons. The van der Waals surface area contributed by atoms with Gasteiger partial charge in [-0.3, -0.25) is 0 Å². The van der Waals surface area contributed by atoms with E-state index in [0.29, 0.717) is 18.8 Å². The maximum absolute atomic E-state index is 12.6. The molecule has 0 aliphatic rings. The summed E-state index contributed by atoms with van der Waals surface area (Å²) < 4.78 is 17.8. The molecule has 0 heterocycles. The molecule has 1 nitrogen and oxygen atoms in total. The second-order valence-electron chi connectivity index (χ2n) is 2.40. The van der Waals surface area contributed by atoms with Crippen molar-refractivity contribution in [1.82, 2.24) is 0 Å². The summed E-state index contributed by atoms with van der Waals surface area (Å²) in [4.78, 5) is 0. The van der Waals surface area contributed by atoms with E-state index >= 15 is 0 Å². The zero-order chi connectivity index (χ0) is 9.52. The minimum Gasteiger partial charge on any atom is -0.492 e. The predicted octanol–water partition coefficient (Wildman–Crippen LogP) is 2.42. The van der Waals surface area contributed by atoms with E-state index in [9.17, 15) is 4.39 Å². The number of hydrogen-bond donors (Lipinski definition) is 0. The Morgan fingerprint density at radius 2 is 2.46 bits per heavy atom. The van der Waals surface area contributed by atoms with Crippen molar-refractivity contribution in [2.75, 3.05) is 6.61 Å². The lowest BCUT2D eigenvalue weighted by Gasteiger charge is -2.02. The van der Waals surface area contributed by atoms with Crippen molar-refractivity contribution in [3.63, 3.8) is 0 Å². The van der Waals surface area contributed by atoms with E-state index < -0.39 is 5.82 Å². The molecule has 0 aromatic heterocycles. The summed E-state index contributed by atoms with van der Waals surface area (Å²) in [7, 11) is 0. The highest BCUT2D eigenvalue weighted by atomic mass is 19.1. The molecule has 0 amide bonds. The molecule has 0 N–H and O–H groups in total. The molecular weight excluding hydrogens is 167 g/mol. The Kier molecular flexibility index (Phi) is 3.84. The molecule has 0 unspecified atom stereocenters. The molecule has 0 aliphatic heterocycles. The van der Waals surface area contributed by atoms with Gasteiger partial charge in [0, 0.05) is 18.6 Å². The van der Waals surface area contributed by atoms with Gasteiger partial charge < -0.3 is 4.74 Å². The molecule has 1 rings (SSSR count). The first-order valence-electron chi connectivity index (χ1n) is 4.02. The number of hydrogen-bond acceptors (Lipinski definition) is 1. The third kappa shape index (κ3) is 3.62. The Bertz CT molecular complexity index is 322. The van der Waals surface area contributed by atoms with Crippen LogP contribution in [0.3, 0.4) is 0 Å². The third-order valence-corrected chi connectivity index (χ3v) is 1.41. The summed E-state index contributed by atoms with van der Waals surface area (Å²) in [5.41, 5.74) is 0. The molecule has 1 aromatic carbocycles. The molecule has 13 heavy (non-hydrogen) atoms. The molecule has 0 saturated carbocycles. The van der Waals surface area contributed by atoms with Gasteiger partial charge in [-0.2, -0.15) is 0 Å². The van der Waals surface area contributed by atoms with Gasteiger partial charge in [-0.15, -0.1) is 11.8 Å². The lowest BCUT2D eigenvalue weighted by molar-refractivity contribution is 0.325. The maximum Gasteiger partial charge on any atom is 0.134 e. The maximum atomic E-state index is 12.6. The topological polar surface area (TPSA) is 9.23 Å². The van der Waals surface area contributed by atoms with Crippen LogP contribution in [0.2, 0.25) is 0 Å². The van der Waals surface area contributed by atoms with Crippen LogP contribution >= 0.6 is 0 Å². The first-order valence-corrected chi connectivity index (χ1v) is 4.02. The Morgan fingerprint density at radius 1 is 1.62 bits per heavy atom. The fraction of sp³-hybridized carbons (Fsp3) is 0.273. The van der Waals surface area contributed by atoms with Gasteiger partial charge in [0.15, 0.2) is 0 Å². The van der Waals surface area contributed by atoms with Gasteiger partial charge in [0.2, 0.25) is 0 Å². The minimum atomic E-state index is -0.404. The smallest absolute Gasteiger partial charge is 0.134 e. The standard InChI is InChI=1S/C11H10FO/c1-2-3-4-8-13-11-7-5-6-10(12)9-11/h5,7,9H,4,8H2,1H3. The van der Waals surface area contributed by atoms with Gasteiger partial charge in [-0.25, -0.2) is 4.39 Å². The van der Waals surface area contributed by atoms with Crippen LogP contribution in [0.1, 0.15) is 13.3 Å². The summed E-state index contributed by atoms with van der Waals surface area (Å²) in [6.45, 7) is 2.27. The molecular formula is C11H10FO. The SMILES string of the molecule is CC#CCCOc1cc[c]c(F)c1. The second-order valence-corrected chi connectivity index (χ2v) is 2.40. The summed E-state index contributed by atoms with van der Waals surface area (Å²) >= 11 is 0. The minimum absolute atomic E-state index is 0.404. The highest BCUT2D eigenvalue weighted by Crippen LogP contribution is 2.11. The highest BCUT2D eigenvalue weighted by molar-refractivity contribution is 5.21. The van der Waals surface area contributed by atoms with Crippen LogP contribution in [0, 0.1) is 23.7 Å². The van der Waals surface area contributed by atoms with Crippen LogP contribution in [0.4, 0.5) is 4.39 Å². The summed E-state index contributed by atoms with van der Waals surface area (Å²) in [5, 5.41) is 0. The summed E-state index contributed by atoms with van der Waals surface area (Å²) in [5.74, 6) is 5.73. The van der Waals surface area contributed by atoms with Gasteiger partial charge in [0.1, 0.15) is 11.6 Å². The number of ether oxygens (including phenoxy) is 1. The molecule has 0 fully saturated rings. The predicted molar refractivity (Wildman–Crippen MR) is 48.8 cm³/mol. The van der Waals surface area contributed by atoms with E-state index in [1.807, 2.05) is 0 Å². The van der Waals surface area contributed by atoms with Crippen molar-refractivity contribution in [1.29, 1.82) is 0 Å². The Morgan fingerprint density at radius 3 is 3.15 bits per heavy atom. The Labute approximate surface area is 77.5 Å². The van der Waals surface area contributed by atoms with Gasteiger partial charge in [0.05, 0.1) is 6.61 Å². The fourth-order valence-corrected chi connectivity index (χ4v) is 0.853. The van der Waals surface area contributed by atoms with Gasteiger partial charge in [0.25, 0.3) is 0 Å². The molecule has 0 atom stereocenters. The molecule has 0 saturated heterocycles. The van der Waals surface area contributed by atoms with E-state index in [2.05, 4.69) is 17.9 Å². The van der Waals surface area contributed by atoms with Crippen LogP contribution in [0.15, 0.2) is 18.2 Å². The lowest BCUT2D eigenvalue weighted by atomic mass is 10.3. The molecule has 1 radical (unpaired) electrons. The molecule has 0 spiro atoms. The van der Waals surface area contributed by atoms with Gasteiger partial charge in [-0.1, -0.05) is 0 Å². The van der Waals surface area contributed by atoms with Crippen molar-refractivity contribution in [2.24, 2.45) is 0 Å². The largest absolute Gasteiger partial charge is 0.492 e. The summed E-state index contributed by atoms with van der Waals surface area (Å²) in [6.07, 6.45) is 0.663. The van der Waals surface area contributed by atoms with Crippen LogP contribution in [-0.4, -0.2) is 6.61 Å². The summed E-state index contributed by atoms with van der Waals surface area (Å²) in [6, 6.07) is 6.87. The monoisotopic (exact) mass is 177 g/mol. The van der Waals surface area contributed by atoms with E-state index in [4.69, 9.17) is 4.74 Å². The average molecular weight is 177 g/mol. The Hall–Kier alpha value is -1.49. The first kappa shape index (κ1) is 9.60. The quantitative estimate of drug-likeness (QED) is 0.509. The van der Waals surface area contributed by atoms with Gasteiger partial charge >= 0.3 is 0 Å². The van der Waals surface area contributed by atoms with Crippen molar-refractivity contribution < 1.29 is 9.13 Å². The van der Waals surface area contributed by atoms with E-state index in [-0.39, 0.29) is 0 Å². The van der Waals surface area contributed by atoms with Gasteiger partial charge in [-0.05, 0) is 19.1 Å². The van der Waals surface area contributed by atoms with Crippen LogP contribution in [0.5, 0.6) is 5.75 Å². The highest BCUT2D eigenvalue weighted by Gasteiger charge is 1.94. The third-order valence-electron chi connectivity index (χ3n) is 1.41. The van der Waals surface area contributed by atoms with Crippen molar-refractivity contribution in [2.45, 2.75) is 13.3 Å². The van der Waals surface area contributed by atoms with Crippen LogP contribution in [0.25, 0.3) is 0 Å². The molecule has 2 heteroatoms. The molecule has 0 aliphatic carbocycles. The number of halogens is 1. The number of rotatable bonds is 3. The average Bonchev–Trinajstić information content (AvgIpc) is 2.13. The van der Waals surface area contributed by atoms with E-state index in [1.54, 1.807) is 13.0 Å². The van der Waals surface area contributed by atoms with E-state index in [0.717, 1.165) is 0 Å². The first-order chi connectivity index (χ1) is 6.33. The van der Waals surface area contributed by atoms with Crippen molar-refractivity contribution in [3.05, 3.63) is 30.1 Å². The zero-order valence-electron chi connectivity index (χ0n) is 7.43. The van der Waals surface area contributed by atoms with Crippen molar-refractivity contribution >= 4 is 0 Å². The van der Waals surface area contributed by atoms with E-state index in [1.165, 1.54) is 12.1 Å². The Balaban J connectivity index is 2.39. The van der Waals surface area contributed by atoms with Crippen molar-refractivity contribution in [3.8, 4) is 17.6 Å². The zero-order valence-corrected chi connectivity index (χ0v) is 7.43. The second kappa shape index (κ2) is 5.21. The van der Waals surface area contributed by atoms with Crippen LogP contribution < -0.4 is 4.74 Å². The van der Waals surface area contributed by atoms with Crippen LogP contribution in [-0.2, 0) is 0 Å². The normalized spacial score (nSPS) is 8.77. The lowest BCUT2D eigenvalue weighted by Crippen LogP contribution is -1.95. The molecule has 0 bridgehead atoms. The fourth-order valence-electron chi connectivity index (χ4n) is 0.853. The number of benzene rings is 1.